The smallest absolute Gasteiger partial charge is 0.325 e. The second kappa shape index (κ2) is 7.79. The third kappa shape index (κ3) is 3.99. The SMILES string of the molecule is Cc1ccc(CNC(=O)CN2C(=O)N[C@H](Cc3c[nH]c4ccccc34)C2=O)cc1. The van der Waals surface area contributed by atoms with E-state index in [2.05, 4.69) is 15.6 Å². The number of rotatable bonds is 6. The molecule has 7 nitrogen and oxygen atoms in total. The van der Waals surface area contributed by atoms with Crippen LogP contribution in [0.2, 0.25) is 0 Å². The van der Waals surface area contributed by atoms with Crippen molar-refractivity contribution in [3.05, 3.63) is 71.4 Å². The number of nitrogens with one attached hydrogen (secondary N) is 3. The first-order chi connectivity index (χ1) is 14.0. The van der Waals surface area contributed by atoms with E-state index in [-0.39, 0.29) is 18.4 Å². The number of aryl methyl sites for hydroxylation is 1. The molecule has 4 rings (SSSR count). The van der Waals surface area contributed by atoms with E-state index in [9.17, 15) is 14.4 Å². The third-order valence-electron chi connectivity index (χ3n) is 5.12. The maximum absolute atomic E-state index is 12.7. The van der Waals surface area contributed by atoms with Gasteiger partial charge in [-0.25, -0.2) is 4.79 Å². The fraction of sp³-hybridized carbons (Fsp3) is 0.227. The van der Waals surface area contributed by atoms with Crippen molar-refractivity contribution in [2.75, 3.05) is 6.54 Å². The lowest BCUT2D eigenvalue weighted by Gasteiger charge is -2.13. The van der Waals surface area contributed by atoms with E-state index in [4.69, 9.17) is 0 Å². The first kappa shape index (κ1) is 18.7. The second-order valence-corrected chi connectivity index (χ2v) is 7.25. The zero-order chi connectivity index (χ0) is 20.4. The molecule has 0 radical (unpaired) electrons. The van der Waals surface area contributed by atoms with E-state index in [0.717, 1.165) is 32.5 Å². The Morgan fingerprint density at radius 3 is 2.66 bits per heavy atom. The molecule has 1 fully saturated rings. The van der Waals surface area contributed by atoms with Gasteiger partial charge in [-0.15, -0.1) is 0 Å². The van der Waals surface area contributed by atoms with Gasteiger partial charge in [-0.2, -0.15) is 0 Å². The summed E-state index contributed by atoms with van der Waals surface area (Å²) in [4.78, 5) is 41.3. The highest BCUT2D eigenvalue weighted by Gasteiger charge is 2.39. The summed E-state index contributed by atoms with van der Waals surface area (Å²) in [6.07, 6.45) is 2.22. The zero-order valence-corrected chi connectivity index (χ0v) is 16.1. The lowest BCUT2D eigenvalue weighted by molar-refractivity contribution is -0.132. The number of imide groups is 1. The summed E-state index contributed by atoms with van der Waals surface area (Å²) in [6, 6.07) is 14.4. The number of hydrogen-bond donors (Lipinski definition) is 3. The number of hydrogen-bond acceptors (Lipinski definition) is 3. The monoisotopic (exact) mass is 390 g/mol. The number of carbonyl (C=O) groups excluding carboxylic acids is 3. The molecule has 4 amide bonds. The Morgan fingerprint density at radius 1 is 1.10 bits per heavy atom. The van der Waals surface area contributed by atoms with Crippen molar-refractivity contribution in [2.24, 2.45) is 0 Å². The Morgan fingerprint density at radius 2 is 1.86 bits per heavy atom. The zero-order valence-electron chi connectivity index (χ0n) is 16.1. The fourth-order valence-corrected chi connectivity index (χ4v) is 3.49. The van der Waals surface area contributed by atoms with Crippen molar-refractivity contribution < 1.29 is 14.4 Å². The summed E-state index contributed by atoms with van der Waals surface area (Å²) < 4.78 is 0. The molecule has 0 unspecified atom stereocenters. The number of benzene rings is 2. The molecule has 1 aliphatic rings. The Hall–Kier alpha value is -3.61. The van der Waals surface area contributed by atoms with E-state index < -0.39 is 12.1 Å². The van der Waals surface area contributed by atoms with Crippen LogP contribution in [0.15, 0.2) is 54.7 Å². The molecule has 0 spiro atoms. The molecule has 2 aromatic carbocycles. The molecule has 2 heterocycles. The standard InChI is InChI=1S/C22H22N4O3/c1-14-6-8-15(9-7-14)11-24-20(27)13-26-21(28)19(25-22(26)29)10-16-12-23-18-5-3-2-4-17(16)18/h2-9,12,19,23H,10-11,13H2,1H3,(H,24,27)(H,25,29)/t19-/m1/s1. The summed E-state index contributed by atoms with van der Waals surface area (Å²) in [6.45, 7) is 2.05. The van der Waals surface area contributed by atoms with Crippen LogP contribution in [0.3, 0.4) is 0 Å². The number of fused-ring (bicyclic) bond motifs is 1. The van der Waals surface area contributed by atoms with Crippen molar-refractivity contribution >= 4 is 28.7 Å². The molecule has 3 N–H and O–H groups in total. The highest BCUT2D eigenvalue weighted by atomic mass is 16.2. The number of amides is 4. The van der Waals surface area contributed by atoms with Crippen LogP contribution in [-0.2, 0) is 22.6 Å². The van der Waals surface area contributed by atoms with Crippen molar-refractivity contribution in [1.82, 2.24) is 20.5 Å². The second-order valence-electron chi connectivity index (χ2n) is 7.25. The average molecular weight is 390 g/mol. The maximum Gasteiger partial charge on any atom is 0.325 e. The highest BCUT2D eigenvalue weighted by Crippen LogP contribution is 2.21. The van der Waals surface area contributed by atoms with Gasteiger partial charge in [0, 0.05) is 30.1 Å². The minimum absolute atomic E-state index is 0.291. The summed E-state index contributed by atoms with van der Waals surface area (Å²) in [5.41, 5.74) is 4.02. The topological polar surface area (TPSA) is 94.3 Å². The Labute approximate surface area is 168 Å². The molecule has 1 atom stereocenters. The Balaban J connectivity index is 1.36. The lowest BCUT2D eigenvalue weighted by atomic mass is 10.1. The van der Waals surface area contributed by atoms with Crippen molar-refractivity contribution in [3.8, 4) is 0 Å². The van der Waals surface area contributed by atoms with Crippen LogP contribution >= 0.6 is 0 Å². The predicted octanol–water partition coefficient (Wildman–Crippen LogP) is 2.26. The number of nitrogens with zero attached hydrogens (tertiary/aromatic N) is 1. The quantitative estimate of drug-likeness (QED) is 0.564. The average Bonchev–Trinajstić information content (AvgIpc) is 3.24. The van der Waals surface area contributed by atoms with Crippen LogP contribution in [-0.4, -0.2) is 40.3 Å². The molecule has 0 aliphatic carbocycles. The number of aromatic amines is 1. The van der Waals surface area contributed by atoms with Gasteiger partial charge in [0.1, 0.15) is 12.6 Å². The number of carbonyl (C=O) groups is 3. The first-order valence-corrected chi connectivity index (χ1v) is 9.50. The summed E-state index contributed by atoms with van der Waals surface area (Å²) in [5.74, 6) is -0.757. The third-order valence-corrected chi connectivity index (χ3v) is 5.12. The van der Waals surface area contributed by atoms with Gasteiger partial charge >= 0.3 is 6.03 Å². The molecule has 1 aromatic heterocycles. The maximum atomic E-state index is 12.7. The minimum Gasteiger partial charge on any atom is -0.361 e. The molecular weight excluding hydrogens is 368 g/mol. The molecule has 3 aromatic rings. The van der Waals surface area contributed by atoms with E-state index >= 15 is 0 Å². The van der Waals surface area contributed by atoms with E-state index in [1.54, 1.807) is 0 Å². The van der Waals surface area contributed by atoms with Gasteiger partial charge in [-0.05, 0) is 24.1 Å². The van der Waals surface area contributed by atoms with Crippen molar-refractivity contribution in [3.63, 3.8) is 0 Å². The first-order valence-electron chi connectivity index (χ1n) is 9.50. The van der Waals surface area contributed by atoms with Crippen LogP contribution < -0.4 is 10.6 Å². The number of H-pyrrole nitrogens is 1. The molecule has 0 bridgehead atoms. The largest absolute Gasteiger partial charge is 0.361 e. The number of urea groups is 1. The molecule has 29 heavy (non-hydrogen) atoms. The Kier molecular flexibility index (Phi) is 5.03. The van der Waals surface area contributed by atoms with E-state index in [0.29, 0.717) is 13.0 Å². The van der Waals surface area contributed by atoms with Gasteiger partial charge in [0.2, 0.25) is 5.91 Å². The van der Waals surface area contributed by atoms with Gasteiger partial charge in [-0.3, -0.25) is 14.5 Å². The highest BCUT2D eigenvalue weighted by molar-refractivity contribution is 6.06. The van der Waals surface area contributed by atoms with E-state index in [1.807, 2.05) is 61.7 Å². The van der Waals surface area contributed by atoms with Crippen LogP contribution in [0.5, 0.6) is 0 Å². The van der Waals surface area contributed by atoms with Gasteiger partial charge in [0.05, 0.1) is 0 Å². The predicted molar refractivity (Wildman–Crippen MR) is 109 cm³/mol. The van der Waals surface area contributed by atoms with Crippen LogP contribution in [0, 0.1) is 6.92 Å². The Bertz CT molecular complexity index is 1070. The minimum atomic E-state index is -0.674. The van der Waals surface area contributed by atoms with Crippen LogP contribution in [0.1, 0.15) is 16.7 Å². The normalized spacial score (nSPS) is 16.3. The summed E-state index contributed by atoms with van der Waals surface area (Å²) in [7, 11) is 0. The molecule has 0 saturated carbocycles. The number of para-hydroxylation sites is 1. The molecule has 1 aliphatic heterocycles. The molecule has 7 heteroatoms. The molecule has 148 valence electrons. The summed E-state index contributed by atoms with van der Waals surface area (Å²) in [5, 5.41) is 6.46. The van der Waals surface area contributed by atoms with Crippen LogP contribution in [0.4, 0.5) is 4.79 Å². The summed E-state index contributed by atoms with van der Waals surface area (Å²) >= 11 is 0. The fourth-order valence-electron chi connectivity index (χ4n) is 3.49. The van der Waals surface area contributed by atoms with Crippen LogP contribution in [0.25, 0.3) is 10.9 Å². The van der Waals surface area contributed by atoms with Gasteiger partial charge in [0.15, 0.2) is 0 Å². The molecule has 1 saturated heterocycles. The van der Waals surface area contributed by atoms with Gasteiger partial charge in [-0.1, -0.05) is 48.0 Å². The van der Waals surface area contributed by atoms with E-state index in [1.165, 1.54) is 0 Å². The van der Waals surface area contributed by atoms with Crippen molar-refractivity contribution in [1.29, 1.82) is 0 Å². The van der Waals surface area contributed by atoms with Gasteiger partial charge < -0.3 is 15.6 Å². The van der Waals surface area contributed by atoms with Gasteiger partial charge in [0.25, 0.3) is 5.91 Å². The lowest BCUT2D eigenvalue weighted by Crippen LogP contribution is -2.41. The number of aromatic nitrogens is 1. The van der Waals surface area contributed by atoms with Crippen molar-refractivity contribution in [2.45, 2.75) is 25.9 Å². The molecular formula is C22H22N4O3.